The molecule has 18 heavy (non-hydrogen) atoms. The fourth-order valence-electron chi connectivity index (χ4n) is 2.05. The van der Waals surface area contributed by atoms with Crippen LogP contribution in [0.25, 0.3) is 0 Å². The predicted octanol–water partition coefficient (Wildman–Crippen LogP) is 0.690. The molecule has 2 heterocycles. The molecule has 0 unspecified atom stereocenters. The first-order valence-corrected chi connectivity index (χ1v) is 5.48. The number of nitrogens with zero attached hydrogens (tertiary/aromatic N) is 2. The van der Waals surface area contributed by atoms with E-state index in [2.05, 4.69) is 15.5 Å². The Morgan fingerprint density at radius 3 is 2.89 bits per heavy atom. The lowest BCUT2D eigenvalue weighted by atomic mass is 10.1. The van der Waals surface area contributed by atoms with Crippen LogP contribution in [0.15, 0.2) is 0 Å². The molecule has 1 aliphatic rings. The van der Waals surface area contributed by atoms with Crippen LogP contribution in [0, 0.1) is 0 Å². The molecule has 100 valence electrons. The second-order valence-corrected chi connectivity index (χ2v) is 4.18. The number of nitrogens with one attached hydrogen (secondary N) is 2. The normalized spacial score (nSPS) is 16.4. The molecule has 0 bridgehead atoms. The van der Waals surface area contributed by atoms with Crippen molar-refractivity contribution in [1.82, 2.24) is 20.4 Å². The number of aromatic nitrogens is 2. The number of amides is 1. The van der Waals surface area contributed by atoms with Gasteiger partial charge in [0, 0.05) is 37.8 Å². The Morgan fingerprint density at radius 1 is 1.56 bits per heavy atom. The number of aromatic amines is 1. The molecule has 0 aliphatic carbocycles. The molecule has 1 aromatic heterocycles. The average Bonchev–Trinajstić information content (AvgIpc) is 2.69. The van der Waals surface area contributed by atoms with Gasteiger partial charge in [0.1, 0.15) is 0 Å². The quantitative estimate of drug-likeness (QED) is 0.824. The highest BCUT2D eigenvalue weighted by Crippen LogP contribution is 2.24. The van der Waals surface area contributed by atoms with Crippen molar-refractivity contribution in [3.63, 3.8) is 0 Å². The van der Waals surface area contributed by atoms with Gasteiger partial charge >= 0.3 is 6.18 Å². The molecule has 0 spiro atoms. The van der Waals surface area contributed by atoms with Crippen molar-refractivity contribution in [2.75, 3.05) is 20.1 Å². The molecule has 0 saturated carbocycles. The fraction of sp³-hybridized carbons (Fsp3) is 0.600. The number of carbonyl (C=O) groups excluding carboxylic acids is 1. The molecule has 0 radical (unpaired) electrons. The van der Waals surface area contributed by atoms with Crippen LogP contribution in [0.5, 0.6) is 0 Å². The van der Waals surface area contributed by atoms with Crippen LogP contribution in [0.3, 0.4) is 0 Å². The van der Waals surface area contributed by atoms with Crippen molar-refractivity contribution in [3.05, 3.63) is 17.0 Å². The molecular weight excluding hydrogens is 249 g/mol. The van der Waals surface area contributed by atoms with Gasteiger partial charge in [0.15, 0.2) is 5.69 Å². The summed E-state index contributed by atoms with van der Waals surface area (Å²) in [6.07, 6.45) is -3.79. The van der Waals surface area contributed by atoms with E-state index in [1.807, 2.05) is 0 Å². The van der Waals surface area contributed by atoms with Crippen LogP contribution in [-0.2, 0) is 13.0 Å². The molecule has 8 heteroatoms. The molecule has 2 rings (SSSR count). The summed E-state index contributed by atoms with van der Waals surface area (Å²) in [5.74, 6) is -0.388. The Labute approximate surface area is 101 Å². The highest BCUT2D eigenvalue weighted by atomic mass is 19.4. The molecule has 0 atom stereocenters. The molecule has 5 nitrogen and oxygen atoms in total. The van der Waals surface area contributed by atoms with Crippen LogP contribution in [0.4, 0.5) is 13.2 Å². The van der Waals surface area contributed by atoms with Gasteiger partial charge in [0.25, 0.3) is 5.91 Å². The Bertz CT molecular complexity index is 454. The highest BCUT2D eigenvalue weighted by molar-refractivity contribution is 5.93. The van der Waals surface area contributed by atoms with Crippen molar-refractivity contribution in [1.29, 1.82) is 0 Å². The number of carbonyl (C=O) groups is 1. The first kappa shape index (κ1) is 12.9. The number of halogens is 3. The number of rotatable bonds is 2. The number of alkyl halides is 3. The summed E-state index contributed by atoms with van der Waals surface area (Å²) >= 11 is 0. The second kappa shape index (κ2) is 4.60. The maximum atomic E-state index is 12.3. The Kier molecular flexibility index (Phi) is 3.29. The van der Waals surface area contributed by atoms with Gasteiger partial charge in [-0.25, -0.2) is 0 Å². The van der Waals surface area contributed by atoms with Crippen molar-refractivity contribution in [2.45, 2.75) is 19.1 Å². The topological polar surface area (TPSA) is 61.0 Å². The summed E-state index contributed by atoms with van der Waals surface area (Å²) < 4.78 is 37.0. The lowest BCUT2D eigenvalue weighted by Crippen LogP contribution is -2.38. The Balaban J connectivity index is 2.17. The molecular formula is C10H13F3N4O. The number of fused-ring (bicyclic) bond motifs is 1. The van der Waals surface area contributed by atoms with Gasteiger partial charge in [0.05, 0.1) is 6.54 Å². The van der Waals surface area contributed by atoms with Crippen molar-refractivity contribution >= 4 is 5.91 Å². The van der Waals surface area contributed by atoms with Gasteiger partial charge < -0.3 is 5.32 Å². The van der Waals surface area contributed by atoms with Crippen LogP contribution in [0.1, 0.15) is 21.7 Å². The van der Waals surface area contributed by atoms with E-state index < -0.39 is 12.7 Å². The Hall–Kier alpha value is -1.57. The summed E-state index contributed by atoms with van der Waals surface area (Å²) in [5, 5.41) is 8.98. The van der Waals surface area contributed by atoms with E-state index >= 15 is 0 Å². The van der Waals surface area contributed by atoms with Crippen LogP contribution >= 0.6 is 0 Å². The van der Waals surface area contributed by atoms with E-state index in [0.717, 1.165) is 5.69 Å². The number of H-pyrrole nitrogens is 1. The lowest BCUT2D eigenvalue weighted by molar-refractivity contribution is -0.147. The predicted molar refractivity (Wildman–Crippen MR) is 57.0 cm³/mol. The zero-order valence-corrected chi connectivity index (χ0v) is 9.76. The maximum Gasteiger partial charge on any atom is 0.401 e. The number of hydrogen-bond acceptors (Lipinski definition) is 3. The largest absolute Gasteiger partial charge is 0.401 e. The van der Waals surface area contributed by atoms with Crippen LogP contribution in [0.2, 0.25) is 0 Å². The minimum absolute atomic E-state index is 0.0914. The zero-order chi connectivity index (χ0) is 13.3. The van der Waals surface area contributed by atoms with Gasteiger partial charge in [-0.05, 0) is 0 Å². The summed E-state index contributed by atoms with van der Waals surface area (Å²) in [5.41, 5.74) is 1.48. The van der Waals surface area contributed by atoms with Gasteiger partial charge in [-0.1, -0.05) is 0 Å². The third-order valence-corrected chi connectivity index (χ3v) is 2.86. The minimum atomic E-state index is -4.23. The van der Waals surface area contributed by atoms with Gasteiger partial charge in [-0.15, -0.1) is 0 Å². The third kappa shape index (κ3) is 2.63. The fourth-order valence-corrected chi connectivity index (χ4v) is 2.05. The highest BCUT2D eigenvalue weighted by Gasteiger charge is 2.33. The van der Waals surface area contributed by atoms with E-state index in [1.54, 1.807) is 0 Å². The van der Waals surface area contributed by atoms with Crippen molar-refractivity contribution in [2.24, 2.45) is 0 Å². The van der Waals surface area contributed by atoms with E-state index in [1.165, 1.54) is 11.9 Å². The maximum absolute atomic E-state index is 12.3. The standard InChI is InChI=1S/C10H13F3N4O/c1-14-9(18)8-6-4-17(5-10(11,12)13)3-2-7(6)15-16-8/h2-5H2,1H3,(H,14,18)(H,15,16). The Morgan fingerprint density at radius 2 is 2.28 bits per heavy atom. The molecule has 1 amide bonds. The molecule has 1 aromatic rings. The monoisotopic (exact) mass is 262 g/mol. The number of hydrogen-bond donors (Lipinski definition) is 2. The summed E-state index contributed by atoms with van der Waals surface area (Å²) in [7, 11) is 1.46. The smallest absolute Gasteiger partial charge is 0.354 e. The van der Waals surface area contributed by atoms with E-state index in [9.17, 15) is 18.0 Å². The molecule has 0 aromatic carbocycles. The first-order chi connectivity index (χ1) is 8.40. The summed E-state index contributed by atoms with van der Waals surface area (Å²) in [6.45, 7) is -0.569. The molecule has 0 fully saturated rings. The van der Waals surface area contributed by atoms with Crippen LogP contribution < -0.4 is 5.32 Å². The first-order valence-electron chi connectivity index (χ1n) is 5.48. The SMILES string of the molecule is CNC(=O)c1n[nH]c2c1CN(CC(F)(F)F)CC2. The van der Waals surface area contributed by atoms with Gasteiger partial charge in [-0.3, -0.25) is 14.8 Å². The molecule has 2 N–H and O–H groups in total. The summed E-state index contributed by atoms with van der Waals surface area (Å²) in [6, 6.07) is 0. The zero-order valence-electron chi connectivity index (χ0n) is 9.76. The van der Waals surface area contributed by atoms with Crippen LogP contribution in [-0.4, -0.2) is 47.3 Å². The van der Waals surface area contributed by atoms with E-state index in [4.69, 9.17) is 0 Å². The minimum Gasteiger partial charge on any atom is -0.354 e. The van der Waals surface area contributed by atoms with E-state index in [-0.39, 0.29) is 18.1 Å². The lowest BCUT2D eigenvalue weighted by Gasteiger charge is -2.27. The van der Waals surface area contributed by atoms with Crippen molar-refractivity contribution < 1.29 is 18.0 Å². The van der Waals surface area contributed by atoms with E-state index in [0.29, 0.717) is 18.5 Å². The molecule has 0 saturated heterocycles. The average molecular weight is 262 g/mol. The van der Waals surface area contributed by atoms with Gasteiger partial charge in [0.2, 0.25) is 0 Å². The van der Waals surface area contributed by atoms with Crippen molar-refractivity contribution in [3.8, 4) is 0 Å². The third-order valence-electron chi connectivity index (χ3n) is 2.86. The van der Waals surface area contributed by atoms with Gasteiger partial charge in [-0.2, -0.15) is 18.3 Å². The summed E-state index contributed by atoms with van der Waals surface area (Å²) in [4.78, 5) is 12.8. The molecule has 1 aliphatic heterocycles. The second-order valence-electron chi connectivity index (χ2n) is 4.18.